The monoisotopic (exact) mass is 419 g/mol. The van der Waals surface area contributed by atoms with Gasteiger partial charge in [0.25, 0.3) is 5.56 Å². The van der Waals surface area contributed by atoms with E-state index in [1.807, 2.05) is 40.1 Å². The minimum atomic E-state index is -0.192. The van der Waals surface area contributed by atoms with Crippen LogP contribution < -0.4 is 15.2 Å². The Kier molecular flexibility index (Phi) is 5.97. The second-order valence-corrected chi connectivity index (χ2v) is 7.38. The molecule has 160 valence electrons. The van der Waals surface area contributed by atoms with Gasteiger partial charge in [-0.2, -0.15) is 0 Å². The molecule has 1 fully saturated rings. The lowest BCUT2D eigenvalue weighted by molar-refractivity contribution is -0.130. The fraction of sp³-hybridized carbons (Fsp3) is 0.304. The van der Waals surface area contributed by atoms with Crippen LogP contribution in [0.15, 0.2) is 60.0 Å². The molecule has 0 atom stereocenters. The summed E-state index contributed by atoms with van der Waals surface area (Å²) in [5.41, 5.74) is 1.93. The lowest BCUT2D eigenvalue weighted by Gasteiger charge is -2.35. The largest absolute Gasteiger partial charge is 0.497 e. The molecule has 0 radical (unpaired) electrons. The molecule has 2 aromatic heterocycles. The number of rotatable bonds is 6. The van der Waals surface area contributed by atoms with Gasteiger partial charge in [0.2, 0.25) is 5.91 Å². The highest BCUT2D eigenvalue weighted by Crippen LogP contribution is 2.17. The first-order valence-electron chi connectivity index (χ1n) is 10.2. The van der Waals surface area contributed by atoms with Crippen LogP contribution in [0, 0.1) is 0 Å². The van der Waals surface area contributed by atoms with Crippen molar-refractivity contribution in [2.45, 2.75) is 13.0 Å². The molecule has 1 amide bonds. The van der Waals surface area contributed by atoms with Gasteiger partial charge in [-0.25, -0.2) is 9.97 Å². The molecular formula is C23H25N5O3. The van der Waals surface area contributed by atoms with Gasteiger partial charge in [-0.1, -0.05) is 18.2 Å². The number of fused-ring (bicyclic) bond motifs is 1. The molecule has 8 nitrogen and oxygen atoms in total. The molecule has 3 aromatic rings. The summed E-state index contributed by atoms with van der Waals surface area (Å²) in [5, 5.41) is 0. The normalized spacial score (nSPS) is 14.0. The highest BCUT2D eigenvalue weighted by molar-refractivity contribution is 5.79. The zero-order chi connectivity index (χ0) is 21.8. The SMILES string of the molecule is C=CCn1c(=O)c(N2CCN(C(=O)Cc3cccc(OC)c3)CC2)nc2cccnc21. The first-order chi connectivity index (χ1) is 15.1. The molecule has 4 rings (SSSR count). The van der Waals surface area contributed by atoms with E-state index in [1.54, 1.807) is 30.0 Å². The third-order valence-electron chi connectivity index (χ3n) is 5.42. The quantitative estimate of drug-likeness (QED) is 0.568. The number of hydrogen-bond acceptors (Lipinski definition) is 6. The Balaban J connectivity index is 1.49. The number of nitrogens with zero attached hydrogens (tertiary/aromatic N) is 5. The number of anilines is 1. The minimum Gasteiger partial charge on any atom is -0.497 e. The fourth-order valence-corrected chi connectivity index (χ4v) is 3.80. The highest BCUT2D eigenvalue weighted by Gasteiger charge is 2.25. The van der Waals surface area contributed by atoms with Crippen LogP contribution in [-0.2, 0) is 17.8 Å². The van der Waals surface area contributed by atoms with E-state index in [0.29, 0.717) is 56.1 Å². The summed E-state index contributed by atoms with van der Waals surface area (Å²) < 4.78 is 6.82. The number of carbonyl (C=O) groups is 1. The third kappa shape index (κ3) is 4.28. The average Bonchev–Trinajstić information content (AvgIpc) is 2.81. The summed E-state index contributed by atoms with van der Waals surface area (Å²) in [5.74, 6) is 1.19. The Morgan fingerprint density at radius 2 is 2.00 bits per heavy atom. The van der Waals surface area contributed by atoms with E-state index in [2.05, 4.69) is 16.5 Å². The molecule has 0 N–H and O–H groups in total. The van der Waals surface area contributed by atoms with E-state index in [-0.39, 0.29) is 11.5 Å². The topological polar surface area (TPSA) is 80.6 Å². The van der Waals surface area contributed by atoms with Crippen molar-refractivity contribution in [3.8, 4) is 5.75 Å². The lowest BCUT2D eigenvalue weighted by Crippen LogP contribution is -2.51. The van der Waals surface area contributed by atoms with Crippen LogP contribution in [-0.4, -0.2) is 58.6 Å². The maximum atomic E-state index is 13.1. The van der Waals surface area contributed by atoms with Crippen molar-refractivity contribution in [3.05, 3.63) is 71.2 Å². The molecule has 1 aliphatic rings. The molecule has 1 aromatic carbocycles. The number of amides is 1. The Morgan fingerprint density at radius 3 is 2.74 bits per heavy atom. The predicted molar refractivity (Wildman–Crippen MR) is 119 cm³/mol. The molecule has 1 saturated heterocycles. The van der Waals surface area contributed by atoms with Gasteiger partial charge in [0.05, 0.1) is 13.5 Å². The van der Waals surface area contributed by atoms with E-state index in [1.165, 1.54) is 0 Å². The van der Waals surface area contributed by atoms with Crippen LogP contribution in [0.1, 0.15) is 5.56 Å². The highest BCUT2D eigenvalue weighted by atomic mass is 16.5. The average molecular weight is 419 g/mol. The van der Waals surface area contributed by atoms with Crippen molar-refractivity contribution < 1.29 is 9.53 Å². The van der Waals surface area contributed by atoms with Crippen LogP contribution in [0.3, 0.4) is 0 Å². The Hall–Kier alpha value is -3.68. The van der Waals surface area contributed by atoms with E-state index in [9.17, 15) is 9.59 Å². The predicted octanol–water partition coefficient (Wildman–Crippen LogP) is 1.88. The maximum Gasteiger partial charge on any atom is 0.295 e. The van der Waals surface area contributed by atoms with Crippen LogP contribution >= 0.6 is 0 Å². The summed E-state index contributed by atoms with van der Waals surface area (Å²) in [6.07, 6.45) is 3.65. The standard InChI is InChI=1S/C23H25N5O3/c1-3-10-28-21-19(8-5-9-24-21)25-22(23(28)30)27-13-11-26(12-14-27)20(29)16-17-6-4-7-18(15-17)31-2/h3-9,15H,1,10-14,16H2,2H3. The second-order valence-electron chi connectivity index (χ2n) is 7.38. The number of hydrogen-bond donors (Lipinski definition) is 0. The van der Waals surface area contributed by atoms with E-state index in [4.69, 9.17) is 4.74 Å². The van der Waals surface area contributed by atoms with Crippen molar-refractivity contribution in [1.82, 2.24) is 19.4 Å². The van der Waals surface area contributed by atoms with Gasteiger partial charge in [0.15, 0.2) is 11.5 Å². The molecule has 1 aliphatic heterocycles. The van der Waals surface area contributed by atoms with Gasteiger partial charge in [0, 0.05) is 38.9 Å². The van der Waals surface area contributed by atoms with Crippen molar-refractivity contribution in [2.24, 2.45) is 0 Å². The molecular weight excluding hydrogens is 394 g/mol. The summed E-state index contributed by atoms with van der Waals surface area (Å²) in [4.78, 5) is 38.5. The molecule has 0 saturated carbocycles. The van der Waals surface area contributed by atoms with Gasteiger partial charge in [-0.3, -0.25) is 14.2 Å². The van der Waals surface area contributed by atoms with Crippen LogP contribution in [0.2, 0.25) is 0 Å². The van der Waals surface area contributed by atoms with Crippen molar-refractivity contribution in [1.29, 1.82) is 0 Å². The maximum absolute atomic E-state index is 13.1. The first-order valence-corrected chi connectivity index (χ1v) is 10.2. The summed E-state index contributed by atoms with van der Waals surface area (Å²) in [6.45, 7) is 6.28. The van der Waals surface area contributed by atoms with Gasteiger partial charge >= 0.3 is 0 Å². The van der Waals surface area contributed by atoms with Gasteiger partial charge in [0.1, 0.15) is 11.3 Å². The molecule has 3 heterocycles. The van der Waals surface area contributed by atoms with Gasteiger partial charge in [-0.05, 0) is 29.8 Å². The number of carbonyl (C=O) groups excluding carboxylic acids is 1. The smallest absolute Gasteiger partial charge is 0.295 e. The Bertz CT molecular complexity index is 1170. The van der Waals surface area contributed by atoms with Crippen LogP contribution in [0.25, 0.3) is 11.2 Å². The second kappa shape index (κ2) is 8.99. The first kappa shape index (κ1) is 20.6. The molecule has 0 bridgehead atoms. The Morgan fingerprint density at radius 1 is 1.19 bits per heavy atom. The third-order valence-corrected chi connectivity index (χ3v) is 5.42. The molecule has 0 spiro atoms. The molecule has 0 aliphatic carbocycles. The number of aromatic nitrogens is 3. The minimum absolute atomic E-state index is 0.0626. The number of allylic oxidation sites excluding steroid dienone is 1. The molecule has 0 unspecified atom stereocenters. The van der Waals surface area contributed by atoms with Gasteiger partial charge in [-0.15, -0.1) is 6.58 Å². The molecule has 8 heteroatoms. The zero-order valence-electron chi connectivity index (χ0n) is 17.5. The van der Waals surface area contributed by atoms with Crippen molar-refractivity contribution in [3.63, 3.8) is 0 Å². The Labute approximate surface area is 180 Å². The van der Waals surface area contributed by atoms with E-state index < -0.39 is 0 Å². The number of methoxy groups -OCH3 is 1. The van der Waals surface area contributed by atoms with Crippen LogP contribution in [0.4, 0.5) is 5.82 Å². The van der Waals surface area contributed by atoms with Crippen molar-refractivity contribution >= 4 is 22.9 Å². The summed E-state index contributed by atoms with van der Waals surface area (Å²) >= 11 is 0. The molecule has 31 heavy (non-hydrogen) atoms. The summed E-state index contributed by atoms with van der Waals surface area (Å²) in [6, 6.07) is 11.2. The van der Waals surface area contributed by atoms with Crippen molar-refractivity contribution in [2.75, 3.05) is 38.2 Å². The number of benzene rings is 1. The van der Waals surface area contributed by atoms with E-state index >= 15 is 0 Å². The number of pyridine rings is 1. The number of piperazine rings is 1. The number of ether oxygens (including phenoxy) is 1. The van der Waals surface area contributed by atoms with Gasteiger partial charge < -0.3 is 14.5 Å². The van der Waals surface area contributed by atoms with Crippen LogP contribution in [0.5, 0.6) is 5.75 Å². The van der Waals surface area contributed by atoms with E-state index in [0.717, 1.165) is 11.3 Å². The lowest BCUT2D eigenvalue weighted by atomic mass is 10.1. The zero-order valence-corrected chi connectivity index (χ0v) is 17.5. The fourth-order valence-electron chi connectivity index (χ4n) is 3.80. The summed E-state index contributed by atoms with van der Waals surface area (Å²) in [7, 11) is 1.61.